The van der Waals surface area contributed by atoms with Gasteiger partial charge in [-0.1, -0.05) is 6.42 Å². The van der Waals surface area contributed by atoms with Crippen LogP contribution in [-0.2, 0) is 9.53 Å². The van der Waals surface area contributed by atoms with E-state index in [1.165, 1.54) is 25.7 Å². The maximum atomic E-state index is 12.5. The van der Waals surface area contributed by atoms with E-state index in [9.17, 15) is 4.79 Å². The van der Waals surface area contributed by atoms with Gasteiger partial charge in [0.15, 0.2) is 0 Å². The molecular weight excluding hydrogens is 290 g/mol. The number of methoxy groups -OCH3 is 1. The van der Waals surface area contributed by atoms with Crippen molar-refractivity contribution in [3.05, 3.63) is 0 Å². The SMILES string of the molecule is COC1CCN(CC(=O)NC(C)C2CC3CCC2C3)C(CN)C1. The van der Waals surface area contributed by atoms with Gasteiger partial charge in [-0.3, -0.25) is 9.69 Å². The fourth-order valence-corrected chi connectivity index (χ4v) is 5.23. The lowest BCUT2D eigenvalue weighted by atomic mass is 9.84. The number of piperidine rings is 1. The summed E-state index contributed by atoms with van der Waals surface area (Å²) < 4.78 is 5.45. The molecule has 3 fully saturated rings. The Morgan fingerprint density at radius 1 is 1.30 bits per heavy atom. The average molecular weight is 323 g/mol. The Balaban J connectivity index is 1.47. The number of nitrogens with two attached hydrogens (primary N) is 1. The van der Waals surface area contributed by atoms with Crippen LogP contribution >= 0.6 is 0 Å². The van der Waals surface area contributed by atoms with Crippen LogP contribution in [0.25, 0.3) is 0 Å². The maximum absolute atomic E-state index is 12.5. The number of hydrogen-bond donors (Lipinski definition) is 2. The van der Waals surface area contributed by atoms with Gasteiger partial charge in [-0.15, -0.1) is 0 Å². The number of nitrogens with zero attached hydrogens (tertiary/aromatic N) is 1. The second-order valence-corrected chi connectivity index (χ2v) is 7.94. The summed E-state index contributed by atoms with van der Waals surface area (Å²) in [6, 6.07) is 0.572. The summed E-state index contributed by atoms with van der Waals surface area (Å²) >= 11 is 0. The largest absolute Gasteiger partial charge is 0.381 e. The van der Waals surface area contributed by atoms with Gasteiger partial charge in [0.2, 0.25) is 5.91 Å². The van der Waals surface area contributed by atoms with Crippen molar-refractivity contribution in [3.63, 3.8) is 0 Å². The summed E-state index contributed by atoms with van der Waals surface area (Å²) in [7, 11) is 1.76. The average Bonchev–Trinajstić information content (AvgIpc) is 3.18. The number of nitrogens with one attached hydrogen (secondary N) is 1. The highest BCUT2D eigenvalue weighted by Gasteiger charge is 2.42. The topological polar surface area (TPSA) is 67.6 Å². The van der Waals surface area contributed by atoms with E-state index in [2.05, 4.69) is 17.1 Å². The molecule has 2 aliphatic carbocycles. The minimum Gasteiger partial charge on any atom is -0.381 e. The van der Waals surface area contributed by atoms with Crippen LogP contribution in [0.5, 0.6) is 0 Å². The number of carbonyl (C=O) groups excluding carboxylic acids is 1. The van der Waals surface area contributed by atoms with Crippen LogP contribution in [0.1, 0.15) is 45.4 Å². The first-order valence-corrected chi connectivity index (χ1v) is 9.37. The minimum absolute atomic E-state index is 0.162. The lowest BCUT2D eigenvalue weighted by Crippen LogP contribution is -2.53. The van der Waals surface area contributed by atoms with Crippen molar-refractivity contribution in [2.75, 3.05) is 26.7 Å². The van der Waals surface area contributed by atoms with Gasteiger partial charge in [0.1, 0.15) is 0 Å². The molecule has 5 heteroatoms. The molecule has 2 bridgehead atoms. The van der Waals surface area contributed by atoms with Crippen molar-refractivity contribution in [1.29, 1.82) is 0 Å². The molecule has 1 amide bonds. The van der Waals surface area contributed by atoms with Gasteiger partial charge >= 0.3 is 0 Å². The zero-order valence-corrected chi connectivity index (χ0v) is 14.7. The van der Waals surface area contributed by atoms with Crippen LogP contribution in [0.2, 0.25) is 0 Å². The smallest absolute Gasteiger partial charge is 0.234 e. The van der Waals surface area contributed by atoms with E-state index >= 15 is 0 Å². The number of rotatable bonds is 6. The van der Waals surface area contributed by atoms with E-state index in [1.54, 1.807) is 7.11 Å². The number of carbonyl (C=O) groups is 1. The molecule has 5 nitrogen and oxygen atoms in total. The molecule has 0 aromatic heterocycles. The normalized spacial score (nSPS) is 38.7. The predicted octanol–water partition coefficient (Wildman–Crippen LogP) is 1.37. The molecule has 23 heavy (non-hydrogen) atoms. The molecule has 3 aliphatic rings. The van der Waals surface area contributed by atoms with Crippen LogP contribution in [0, 0.1) is 17.8 Å². The fourth-order valence-electron chi connectivity index (χ4n) is 5.23. The zero-order chi connectivity index (χ0) is 16.4. The Bertz CT molecular complexity index is 417. The van der Waals surface area contributed by atoms with Crippen LogP contribution < -0.4 is 11.1 Å². The second-order valence-electron chi connectivity index (χ2n) is 7.94. The minimum atomic E-state index is 0.162. The van der Waals surface area contributed by atoms with Crippen molar-refractivity contribution < 1.29 is 9.53 Å². The van der Waals surface area contributed by atoms with Gasteiger partial charge in [-0.2, -0.15) is 0 Å². The van der Waals surface area contributed by atoms with Gasteiger partial charge < -0.3 is 15.8 Å². The summed E-state index contributed by atoms with van der Waals surface area (Å²) in [4.78, 5) is 14.7. The highest BCUT2D eigenvalue weighted by molar-refractivity contribution is 5.78. The molecule has 132 valence electrons. The third-order valence-corrected chi connectivity index (χ3v) is 6.57. The van der Waals surface area contributed by atoms with E-state index in [-0.39, 0.29) is 18.1 Å². The molecule has 0 radical (unpaired) electrons. The van der Waals surface area contributed by atoms with E-state index in [0.717, 1.165) is 31.2 Å². The molecule has 0 spiro atoms. The number of likely N-dealkylation sites (tertiary alicyclic amines) is 1. The second kappa shape index (κ2) is 7.49. The first-order chi connectivity index (χ1) is 11.1. The van der Waals surface area contributed by atoms with Crippen LogP contribution in [0.15, 0.2) is 0 Å². The summed E-state index contributed by atoms with van der Waals surface area (Å²) in [6.07, 6.45) is 7.70. The summed E-state index contributed by atoms with van der Waals surface area (Å²) in [5.41, 5.74) is 5.90. The third kappa shape index (κ3) is 3.89. The summed E-state index contributed by atoms with van der Waals surface area (Å²) in [6.45, 7) is 4.16. The van der Waals surface area contributed by atoms with E-state index in [1.807, 2.05) is 0 Å². The van der Waals surface area contributed by atoms with Gasteiger partial charge in [0.05, 0.1) is 12.6 Å². The van der Waals surface area contributed by atoms with Gasteiger partial charge in [-0.25, -0.2) is 0 Å². The van der Waals surface area contributed by atoms with E-state index in [4.69, 9.17) is 10.5 Å². The first-order valence-electron chi connectivity index (χ1n) is 9.37. The summed E-state index contributed by atoms with van der Waals surface area (Å²) in [5, 5.41) is 3.27. The van der Waals surface area contributed by atoms with Gasteiger partial charge in [-0.05, 0) is 56.8 Å². The molecule has 1 saturated heterocycles. The molecule has 6 atom stereocenters. The van der Waals surface area contributed by atoms with Gasteiger partial charge in [0, 0.05) is 32.3 Å². The van der Waals surface area contributed by atoms with Crippen molar-refractivity contribution >= 4 is 5.91 Å². The number of ether oxygens (including phenoxy) is 1. The Morgan fingerprint density at radius 2 is 2.13 bits per heavy atom. The molecule has 3 rings (SSSR count). The molecule has 3 N–H and O–H groups in total. The standard InChI is InChI=1S/C18H33N3O2/c1-12(17-8-13-3-4-14(17)7-13)20-18(22)11-21-6-5-16(23-2)9-15(21)10-19/h12-17H,3-11,19H2,1-2H3,(H,20,22). The quantitative estimate of drug-likeness (QED) is 0.775. The molecule has 0 aromatic rings. The van der Waals surface area contributed by atoms with E-state index < -0.39 is 0 Å². The lowest BCUT2D eigenvalue weighted by Gasteiger charge is -2.38. The molecule has 0 aromatic carbocycles. The van der Waals surface area contributed by atoms with Crippen molar-refractivity contribution in [2.45, 2.75) is 63.6 Å². The van der Waals surface area contributed by atoms with Crippen LogP contribution in [0.3, 0.4) is 0 Å². The highest BCUT2D eigenvalue weighted by atomic mass is 16.5. The van der Waals surface area contributed by atoms with Crippen LogP contribution in [0.4, 0.5) is 0 Å². The van der Waals surface area contributed by atoms with Crippen molar-refractivity contribution in [3.8, 4) is 0 Å². The lowest BCUT2D eigenvalue weighted by molar-refractivity contribution is -0.124. The molecule has 1 aliphatic heterocycles. The monoisotopic (exact) mass is 323 g/mol. The molecule has 6 unspecified atom stereocenters. The molecule has 2 saturated carbocycles. The van der Waals surface area contributed by atoms with Crippen LogP contribution in [-0.4, -0.2) is 55.7 Å². The first kappa shape index (κ1) is 17.2. The Labute approximate surface area is 140 Å². The Morgan fingerprint density at radius 3 is 2.74 bits per heavy atom. The third-order valence-electron chi connectivity index (χ3n) is 6.57. The zero-order valence-electron chi connectivity index (χ0n) is 14.7. The fraction of sp³-hybridized carbons (Fsp3) is 0.944. The predicted molar refractivity (Wildman–Crippen MR) is 91.0 cm³/mol. The molecular formula is C18H33N3O2. The van der Waals surface area contributed by atoms with Gasteiger partial charge in [0.25, 0.3) is 0 Å². The molecule has 1 heterocycles. The Kier molecular flexibility index (Phi) is 5.60. The van der Waals surface area contributed by atoms with Crippen molar-refractivity contribution in [2.24, 2.45) is 23.5 Å². The highest BCUT2D eigenvalue weighted by Crippen LogP contribution is 2.49. The van der Waals surface area contributed by atoms with Crippen molar-refractivity contribution in [1.82, 2.24) is 10.2 Å². The number of amides is 1. The Hall–Kier alpha value is -0.650. The summed E-state index contributed by atoms with van der Waals surface area (Å²) in [5.74, 6) is 2.64. The number of hydrogen-bond acceptors (Lipinski definition) is 4. The maximum Gasteiger partial charge on any atom is 0.234 e. The van der Waals surface area contributed by atoms with E-state index in [0.29, 0.717) is 25.0 Å². The number of fused-ring (bicyclic) bond motifs is 2.